The van der Waals surface area contributed by atoms with Gasteiger partial charge in [0.15, 0.2) is 0 Å². The number of unbranched alkanes of at least 4 members (excludes halogenated alkanes) is 1. The van der Waals surface area contributed by atoms with E-state index in [0.29, 0.717) is 31.6 Å². The molecule has 3 rings (SSSR count). The van der Waals surface area contributed by atoms with E-state index in [1.54, 1.807) is 18.6 Å². The number of aromatic nitrogens is 3. The molecule has 0 atom stereocenters. The second-order valence-corrected chi connectivity index (χ2v) is 9.12. The maximum absolute atomic E-state index is 12.4. The summed E-state index contributed by atoms with van der Waals surface area (Å²) in [4.78, 5) is 15.2. The van der Waals surface area contributed by atoms with E-state index in [-0.39, 0.29) is 17.3 Å². The molecular formula is C22H29N5O4S. The molecule has 0 aromatic carbocycles. The summed E-state index contributed by atoms with van der Waals surface area (Å²) in [7, 11) is -2.06. The maximum atomic E-state index is 12.4. The van der Waals surface area contributed by atoms with Crippen LogP contribution < -0.4 is 14.4 Å². The highest BCUT2D eigenvalue weighted by atomic mass is 32.2. The Morgan fingerprint density at radius 2 is 1.97 bits per heavy atom. The Morgan fingerprint density at radius 3 is 2.66 bits per heavy atom. The lowest BCUT2D eigenvalue weighted by Gasteiger charge is -2.28. The average Bonchev–Trinajstić information content (AvgIpc) is 2.81. The van der Waals surface area contributed by atoms with Gasteiger partial charge in [-0.1, -0.05) is 32.1 Å². The molecule has 172 valence electrons. The Labute approximate surface area is 189 Å². The molecular weight excluding hydrogens is 430 g/mol. The predicted molar refractivity (Wildman–Crippen MR) is 124 cm³/mol. The third kappa shape index (κ3) is 6.08. The molecule has 1 fully saturated rings. The summed E-state index contributed by atoms with van der Waals surface area (Å²) in [6, 6.07) is 1.63. The first-order valence-electron chi connectivity index (χ1n) is 10.7. The monoisotopic (exact) mass is 459 g/mol. The molecule has 0 radical (unpaired) electrons. The highest BCUT2D eigenvalue weighted by molar-refractivity contribution is 7.92. The van der Waals surface area contributed by atoms with E-state index < -0.39 is 10.0 Å². The van der Waals surface area contributed by atoms with Gasteiger partial charge in [0.1, 0.15) is 17.8 Å². The Balaban J connectivity index is 1.94. The number of rotatable bonds is 8. The third-order valence-electron chi connectivity index (χ3n) is 4.96. The van der Waals surface area contributed by atoms with Crippen molar-refractivity contribution in [1.82, 2.24) is 15.0 Å². The molecule has 1 aliphatic heterocycles. The maximum Gasteiger partial charge on any atom is 0.238 e. The number of anilines is 2. The van der Waals surface area contributed by atoms with Crippen molar-refractivity contribution in [2.75, 3.05) is 48.8 Å². The summed E-state index contributed by atoms with van der Waals surface area (Å²) in [6.45, 7) is 6.72. The molecule has 0 unspecified atom stereocenters. The zero-order chi connectivity index (χ0) is 23.0. The van der Waals surface area contributed by atoms with Gasteiger partial charge in [0.05, 0.1) is 37.3 Å². The van der Waals surface area contributed by atoms with E-state index in [1.807, 2.05) is 13.8 Å². The van der Waals surface area contributed by atoms with Crippen LogP contribution in [0.25, 0.3) is 0 Å². The van der Waals surface area contributed by atoms with Crippen molar-refractivity contribution >= 4 is 21.5 Å². The van der Waals surface area contributed by atoms with E-state index in [2.05, 4.69) is 36.4 Å². The number of hydrogen-bond donors (Lipinski definition) is 1. The molecule has 0 bridgehead atoms. The minimum Gasteiger partial charge on any atom is -0.479 e. The number of morpholine rings is 1. The van der Waals surface area contributed by atoms with Crippen LogP contribution in [0.4, 0.5) is 11.5 Å². The van der Waals surface area contributed by atoms with Gasteiger partial charge in [-0.2, -0.15) is 0 Å². The largest absolute Gasteiger partial charge is 0.479 e. The molecule has 2 aromatic heterocycles. The fourth-order valence-corrected chi connectivity index (χ4v) is 4.52. The minimum absolute atomic E-state index is 0.0344. The Hall–Kier alpha value is -2.90. The van der Waals surface area contributed by atoms with Crippen LogP contribution in [-0.4, -0.2) is 62.5 Å². The van der Waals surface area contributed by atoms with Crippen molar-refractivity contribution in [2.24, 2.45) is 0 Å². The first-order chi connectivity index (χ1) is 15.5. The van der Waals surface area contributed by atoms with Crippen LogP contribution in [0.5, 0.6) is 5.88 Å². The van der Waals surface area contributed by atoms with Gasteiger partial charge < -0.3 is 14.4 Å². The van der Waals surface area contributed by atoms with Gasteiger partial charge in [0.25, 0.3) is 0 Å². The lowest BCUT2D eigenvalue weighted by Crippen LogP contribution is -2.37. The zero-order valence-electron chi connectivity index (χ0n) is 18.7. The highest BCUT2D eigenvalue weighted by Crippen LogP contribution is 2.24. The van der Waals surface area contributed by atoms with Gasteiger partial charge in [0.2, 0.25) is 15.9 Å². The Kier molecular flexibility index (Phi) is 8.25. The minimum atomic E-state index is -3.50. The standard InChI is InChI=1S/C22H29N5O4S/c1-4-6-13-32(28,29)26-20-14-17(15-23-22(20)30-3)7-8-18-19(5-2)24-16-25-21(18)27-9-11-31-12-10-27/h14-16,26H,4-6,9-13H2,1-3H3. The van der Waals surface area contributed by atoms with E-state index in [0.717, 1.165) is 36.6 Å². The molecule has 32 heavy (non-hydrogen) atoms. The van der Waals surface area contributed by atoms with Gasteiger partial charge in [-0.3, -0.25) is 4.72 Å². The van der Waals surface area contributed by atoms with Gasteiger partial charge in [0, 0.05) is 24.8 Å². The molecule has 0 saturated carbocycles. The molecule has 1 N–H and O–H groups in total. The summed E-state index contributed by atoms with van der Waals surface area (Å²) in [5.74, 6) is 7.31. The van der Waals surface area contributed by atoms with Crippen LogP contribution in [0.15, 0.2) is 18.6 Å². The fraction of sp³-hybridized carbons (Fsp3) is 0.500. The molecule has 10 heteroatoms. The van der Waals surface area contributed by atoms with Crippen LogP contribution in [-0.2, 0) is 21.2 Å². The number of nitrogens with one attached hydrogen (secondary N) is 1. The SMILES string of the molecule is CCCCS(=O)(=O)Nc1cc(C#Cc2c(CC)ncnc2N2CCOCC2)cnc1OC. The first kappa shape index (κ1) is 23.8. The molecule has 0 amide bonds. The fourth-order valence-electron chi connectivity index (χ4n) is 3.27. The van der Waals surface area contributed by atoms with Gasteiger partial charge in [-0.05, 0) is 18.9 Å². The van der Waals surface area contributed by atoms with Crippen LogP contribution in [0.2, 0.25) is 0 Å². The van der Waals surface area contributed by atoms with Crippen LogP contribution in [0.3, 0.4) is 0 Å². The van der Waals surface area contributed by atoms with Crippen molar-refractivity contribution < 1.29 is 17.9 Å². The Bertz CT molecular complexity index is 1090. The molecule has 9 nitrogen and oxygen atoms in total. The molecule has 2 aromatic rings. The first-order valence-corrected chi connectivity index (χ1v) is 12.4. The summed E-state index contributed by atoms with van der Waals surface area (Å²) in [5.41, 5.74) is 2.44. The van der Waals surface area contributed by atoms with Crippen molar-refractivity contribution in [3.63, 3.8) is 0 Å². The predicted octanol–water partition coefficient (Wildman–Crippen LogP) is 2.22. The quantitative estimate of drug-likeness (QED) is 0.599. The summed E-state index contributed by atoms with van der Waals surface area (Å²) >= 11 is 0. The van der Waals surface area contributed by atoms with E-state index in [4.69, 9.17) is 9.47 Å². The highest BCUT2D eigenvalue weighted by Gasteiger charge is 2.18. The molecule has 1 saturated heterocycles. The second kappa shape index (κ2) is 11.1. The van der Waals surface area contributed by atoms with Crippen molar-refractivity contribution in [1.29, 1.82) is 0 Å². The number of aryl methyl sites for hydroxylation is 1. The summed E-state index contributed by atoms with van der Waals surface area (Å²) in [6.07, 6.45) is 5.19. The van der Waals surface area contributed by atoms with Crippen LogP contribution in [0.1, 0.15) is 43.5 Å². The number of nitrogens with zero attached hydrogens (tertiary/aromatic N) is 4. The normalized spacial score (nSPS) is 13.9. The number of methoxy groups -OCH3 is 1. The van der Waals surface area contributed by atoms with E-state index in [1.165, 1.54) is 7.11 Å². The summed E-state index contributed by atoms with van der Waals surface area (Å²) in [5, 5.41) is 0. The van der Waals surface area contributed by atoms with E-state index in [9.17, 15) is 8.42 Å². The summed E-state index contributed by atoms with van der Waals surface area (Å²) < 4.78 is 38.0. The Morgan fingerprint density at radius 1 is 1.19 bits per heavy atom. The van der Waals surface area contributed by atoms with E-state index >= 15 is 0 Å². The number of ether oxygens (including phenoxy) is 2. The lowest BCUT2D eigenvalue weighted by molar-refractivity contribution is 0.122. The lowest BCUT2D eigenvalue weighted by atomic mass is 10.1. The van der Waals surface area contributed by atoms with Crippen molar-refractivity contribution in [2.45, 2.75) is 33.1 Å². The second-order valence-electron chi connectivity index (χ2n) is 7.28. The zero-order valence-corrected chi connectivity index (χ0v) is 19.5. The topological polar surface area (TPSA) is 107 Å². The van der Waals surface area contributed by atoms with Crippen molar-refractivity contribution in [3.8, 4) is 17.7 Å². The van der Waals surface area contributed by atoms with Gasteiger partial charge >= 0.3 is 0 Å². The van der Waals surface area contributed by atoms with Crippen LogP contribution >= 0.6 is 0 Å². The van der Waals surface area contributed by atoms with Crippen molar-refractivity contribution in [3.05, 3.63) is 35.4 Å². The molecule has 1 aliphatic rings. The molecule has 3 heterocycles. The smallest absolute Gasteiger partial charge is 0.238 e. The van der Waals surface area contributed by atoms with Crippen LogP contribution in [0, 0.1) is 11.8 Å². The number of hydrogen-bond acceptors (Lipinski definition) is 8. The number of pyridine rings is 1. The van der Waals surface area contributed by atoms with Gasteiger partial charge in [-0.25, -0.2) is 23.4 Å². The van der Waals surface area contributed by atoms with Gasteiger partial charge in [-0.15, -0.1) is 0 Å². The molecule has 0 spiro atoms. The third-order valence-corrected chi connectivity index (χ3v) is 6.32. The average molecular weight is 460 g/mol. The number of sulfonamides is 1. The molecule has 0 aliphatic carbocycles.